The average Bonchev–Trinajstić information content (AvgIpc) is 2.60. The summed E-state index contributed by atoms with van der Waals surface area (Å²) in [6, 6.07) is 16.3. The minimum absolute atomic E-state index is 0.179. The van der Waals surface area contributed by atoms with Crippen molar-refractivity contribution in [3.8, 4) is 0 Å². The highest BCUT2D eigenvalue weighted by Crippen LogP contribution is 2.21. The maximum atomic E-state index is 12.6. The zero-order chi connectivity index (χ0) is 17.0. The molecule has 6 heteroatoms. The van der Waals surface area contributed by atoms with E-state index in [2.05, 4.69) is 9.71 Å². The molecule has 0 aliphatic heterocycles. The number of aromatic nitrogens is 1. The molecule has 0 radical (unpaired) electrons. The summed E-state index contributed by atoms with van der Waals surface area (Å²) < 4.78 is 27.8. The standard InChI is InChI=1S/C18H19N3O2S/c19-16(11-14-5-2-1-3-6-14)13-21-24(22,23)18-8-4-7-15-12-20-10-9-17(15)18/h1-10,12,16,21H,11,13,19H2. The lowest BCUT2D eigenvalue weighted by molar-refractivity contribution is 0.567. The minimum atomic E-state index is -3.63. The largest absolute Gasteiger partial charge is 0.326 e. The van der Waals surface area contributed by atoms with Gasteiger partial charge in [-0.15, -0.1) is 0 Å². The zero-order valence-electron chi connectivity index (χ0n) is 13.1. The smallest absolute Gasteiger partial charge is 0.241 e. The van der Waals surface area contributed by atoms with E-state index in [1.807, 2.05) is 36.4 Å². The van der Waals surface area contributed by atoms with E-state index in [-0.39, 0.29) is 17.5 Å². The number of nitrogens with one attached hydrogen (secondary N) is 1. The molecule has 24 heavy (non-hydrogen) atoms. The van der Waals surface area contributed by atoms with Gasteiger partial charge in [0.2, 0.25) is 10.0 Å². The highest BCUT2D eigenvalue weighted by molar-refractivity contribution is 7.89. The van der Waals surface area contributed by atoms with Crippen LogP contribution in [0.3, 0.4) is 0 Å². The maximum absolute atomic E-state index is 12.6. The minimum Gasteiger partial charge on any atom is -0.326 e. The second-order valence-corrected chi connectivity index (χ2v) is 7.39. The second kappa shape index (κ2) is 7.09. The monoisotopic (exact) mass is 341 g/mol. The first kappa shape index (κ1) is 16.6. The van der Waals surface area contributed by atoms with E-state index in [0.717, 1.165) is 10.9 Å². The lowest BCUT2D eigenvalue weighted by Gasteiger charge is -2.14. The Morgan fingerprint density at radius 1 is 1.04 bits per heavy atom. The van der Waals surface area contributed by atoms with Crippen LogP contribution in [0.5, 0.6) is 0 Å². The molecule has 0 amide bonds. The van der Waals surface area contributed by atoms with E-state index < -0.39 is 10.0 Å². The summed E-state index contributed by atoms with van der Waals surface area (Å²) >= 11 is 0. The van der Waals surface area contributed by atoms with Crippen molar-refractivity contribution in [1.82, 2.24) is 9.71 Å². The lowest BCUT2D eigenvalue weighted by atomic mass is 10.1. The number of nitrogens with two attached hydrogens (primary N) is 1. The van der Waals surface area contributed by atoms with E-state index in [9.17, 15) is 8.42 Å². The highest BCUT2D eigenvalue weighted by atomic mass is 32.2. The number of fused-ring (bicyclic) bond motifs is 1. The third kappa shape index (κ3) is 3.79. The molecule has 0 saturated carbocycles. The Kier molecular flexibility index (Phi) is 4.89. The maximum Gasteiger partial charge on any atom is 0.241 e. The van der Waals surface area contributed by atoms with Crippen molar-refractivity contribution in [2.24, 2.45) is 5.73 Å². The van der Waals surface area contributed by atoms with Crippen LogP contribution in [-0.4, -0.2) is 26.0 Å². The van der Waals surface area contributed by atoms with Crippen LogP contribution in [0, 0.1) is 0 Å². The van der Waals surface area contributed by atoms with Gasteiger partial charge in [-0.05, 0) is 24.1 Å². The molecule has 1 heterocycles. The quantitative estimate of drug-likeness (QED) is 0.719. The van der Waals surface area contributed by atoms with Crippen molar-refractivity contribution in [3.63, 3.8) is 0 Å². The summed E-state index contributed by atoms with van der Waals surface area (Å²) in [6.45, 7) is 0.179. The Morgan fingerprint density at radius 2 is 1.83 bits per heavy atom. The normalized spacial score (nSPS) is 13.0. The van der Waals surface area contributed by atoms with Crippen molar-refractivity contribution < 1.29 is 8.42 Å². The molecule has 0 saturated heterocycles. The number of sulfonamides is 1. The van der Waals surface area contributed by atoms with Gasteiger partial charge in [0.25, 0.3) is 0 Å². The fraction of sp³-hybridized carbons (Fsp3) is 0.167. The summed E-state index contributed by atoms with van der Waals surface area (Å²) in [4.78, 5) is 4.27. The molecule has 5 nitrogen and oxygen atoms in total. The van der Waals surface area contributed by atoms with Gasteiger partial charge in [-0.25, -0.2) is 13.1 Å². The van der Waals surface area contributed by atoms with Crippen LogP contribution in [0.2, 0.25) is 0 Å². The summed E-state index contributed by atoms with van der Waals surface area (Å²) in [5.74, 6) is 0. The lowest BCUT2D eigenvalue weighted by Crippen LogP contribution is -2.38. The zero-order valence-corrected chi connectivity index (χ0v) is 13.9. The van der Waals surface area contributed by atoms with E-state index in [0.29, 0.717) is 11.8 Å². The molecule has 3 aromatic rings. The van der Waals surface area contributed by atoms with Gasteiger partial charge in [0.1, 0.15) is 0 Å². The van der Waals surface area contributed by atoms with Crippen molar-refractivity contribution in [2.45, 2.75) is 17.4 Å². The molecule has 0 spiro atoms. The molecule has 0 aliphatic rings. The van der Waals surface area contributed by atoms with Crippen LogP contribution < -0.4 is 10.5 Å². The van der Waals surface area contributed by atoms with Gasteiger partial charge in [-0.2, -0.15) is 0 Å². The van der Waals surface area contributed by atoms with Crippen LogP contribution in [-0.2, 0) is 16.4 Å². The number of rotatable bonds is 6. The van der Waals surface area contributed by atoms with Crippen LogP contribution in [0.15, 0.2) is 71.9 Å². The predicted molar refractivity (Wildman–Crippen MR) is 95.1 cm³/mol. The molecule has 1 unspecified atom stereocenters. The molecular formula is C18H19N3O2S. The molecule has 0 aliphatic carbocycles. The SMILES string of the molecule is NC(CNS(=O)(=O)c1cccc2cnccc12)Cc1ccccc1. The first-order chi connectivity index (χ1) is 11.6. The van der Waals surface area contributed by atoms with Gasteiger partial charge in [-0.3, -0.25) is 4.98 Å². The van der Waals surface area contributed by atoms with Crippen molar-refractivity contribution in [2.75, 3.05) is 6.54 Å². The van der Waals surface area contributed by atoms with Crippen LogP contribution in [0.25, 0.3) is 10.8 Å². The first-order valence-corrected chi connectivity index (χ1v) is 9.16. The van der Waals surface area contributed by atoms with Gasteiger partial charge < -0.3 is 5.73 Å². The van der Waals surface area contributed by atoms with Gasteiger partial charge in [0, 0.05) is 35.8 Å². The molecule has 1 atom stereocenters. The van der Waals surface area contributed by atoms with Crippen LogP contribution in [0.4, 0.5) is 0 Å². The van der Waals surface area contributed by atoms with Crippen molar-refractivity contribution >= 4 is 20.8 Å². The molecule has 1 aromatic heterocycles. The third-order valence-electron chi connectivity index (χ3n) is 3.81. The number of hydrogen-bond donors (Lipinski definition) is 2. The molecule has 3 N–H and O–H groups in total. The summed E-state index contributed by atoms with van der Waals surface area (Å²) in [5.41, 5.74) is 7.15. The first-order valence-electron chi connectivity index (χ1n) is 7.68. The third-order valence-corrected chi connectivity index (χ3v) is 5.29. The van der Waals surface area contributed by atoms with Crippen LogP contribution in [0.1, 0.15) is 5.56 Å². The van der Waals surface area contributed by atoms with Gasteiger partial charge in [0.15, 0.2) is 0 Å². The number of nitrogens with zero attached hydrogens (tertiary/aromatic N) is 1. The average molecular weight is 341 g/mol. The Labute approximate surface area is 141 Å². The molecule has 2 aromatic carbocycles. The fourth-order valence-corrected chi connectivity index (χ4v) is 3.93. The topological polar surface area (TPSA) is 85.1 Å². The van der Waals surface area contributed by atoms with Crippen molar-refractivity contribution in [3.05, 3.63) is 72.6 Å². The van der Waals surface area contributed by atoms with Gasteiger partial charge in [0.05, 0.1) is 4.90 Å². The molecule has 0 bridgehead atoms. The number of benzene rings is 2. The van der Waals surface area contributed by atoms with E-state index in [4.69, 9.17) is 5.73 Å². The van der Waals surface area contributed by atoms with E-state index in [1.54, 1.807) is 30.6 Å². The fourth-order valence-electron chi connectivity index (χ4n) is 2.61. The summed E-state index contributed by atoms with van der Waals surface area (Å²) in [7, 11) is -3.63. The summed E-state index contributed by atoms with van der Waals surface area (Å²) in [6.07, 6.45) is 3.85. The predicted octanol–water partition coefficient (Wildman–Crippen LogP) is 2.08. The van der Waals surface area contributed by atoms with Gasteiger partial charge in [-0.1, -0.05) is 42.5 Å². The Hall–Kier alpha value is -2.28. The second-order valence-electron chi connectivity index (χ2n) is 5.65. The number of hydrogen-bond acceptors (Lipinski definition) is 4. The summed E-state index contributed by atoms with van der Waals surface area (Å²) in [5, 5.41) is 1.44. The molecule has 3 rings (SSSR count). The Morgan fingerprint density at radius 3 is 2.62 bits per heavy atom. The van der Waals surface area contributed by atoms with Crippen molar-refractivity contribution in [1.29, 1.82) is 0 Å². The number of pyridine rings is 1. The molecule has 0 fully saturated rings. The van der Waals surface area contributed by atoms with E-state index in [1.165, 1.54) is 0 Å². The van der Waals surface area contributed by atoms with Crippen LogP contribution >= 0.6 is 0 Å². The Balaban J connectivity index is 1.74. The molecule has 124 valence electrons. The molecular weight excluding hydrogens is 322 g/mol. The Bertz CT molecular complexity index is 922. The highest BCUT2D eigenvalue weighted by Gasteiger charge is 2.18. The van der Waals surface area contributed by atoms with Gasteiger partial charge >= 0.3 is 0 Å². The van der Waals surface area contributed by atoms with E-state index >= 15 is 0 Å².